The third kappa shape index (κ3) is 3.37. The molecule has 3 heteroatoms. The van der Waals surface area contributed by atoms with Gasteiger partial charge in [0.1, 0.15) is 5.75 Å². The van der Waals surface area contributed by atoms with Crippen LogP contribution in [0.4, 0.5) is 0 Å². The van der Waals surface area contributed by atoms with Gasteiger partial charge in [0.15, 0.2) is 0 Å². The minimum atomic E-state index is -0.546. The third-order valence-electron chi connectivity index (χ3n) is 4.58. The van der Waals surface area contributed by atoms with Gasteiger partial charge in [0.05, 0.1) is 19.3 Å². The van der Waals surface area contributed by atoms with Crippen LogP contribution in [0.25, 0.3) is 6.08 Å². The molecular weight excluding hydrogens is 298 g/mol. The summed E-state index contributed by atoms with van der Waals surface area (Å²) < 4.78 is 5.42. The Labute approximate surface area is 144 Å². The maximum atomic E-state index is 11.0. The molecule has 1 aliphatic carbocycles. The first-order valence-corrected chi connectivity index (χ1v) is 8.55. The fourth-order valence-electron chi connectivity index (χ4n) is 3.42. The van der Waals surface area contributed by atoms with E-state index in [2.05, 4.69) is 48.2 Å². The van der Waals surface area contributed by atoms with Crippen molar-refractivity contribution in [3.05, 3.63) is 71.3 Å². The van der Waals surface area contributed by atoms with Gasteiger partial charge in [-0.25, -0.2) is 0 Å². The molecule has 3 rings (SSSR count). The number of aliphatic hydroxyl groups is 1. The molecule has 0 amide bonds. The molecule has 0 spiro atoms. The summed E-state index contributed by atoms with van der Waals surface area (Å²) in [6, 6.07) is 16.3. The van der Waals surface area contributed by atoms with Crippen LogP contribution in [-0.4, -0.2) is 29.7 Å². The molecule has 0 saturated heterocycles. The van der Waals surface area contributed by atoms with Crippen LogP contribution < -0.4 is 4.74 Å². The molecule has 0 heterocycles. The summed E-state index contributed by atoms with van der Waals surface area (Å²) in [6.45, 7) is 3.95. The van der Waals surface area contributed by atoms with Crippen molar-refractivity contribution in [2.45, 2.75) is 32.0 Å². The van der Waals surface area contributed by atoms with Gasteiger partial charge < -0.3 is 9.84 Å². The second-order valence-electron chi connectivity index (χ2n) is 6.21. The molecule has 126 valence electrons. The van der Waals surface area contributed by atoms with E-state index in [1.165, 1.54) is 5.56 Å². The van der Waals surface area contributed by atoms with Crippen LogP contribution >= 0.6 is 0 Å². The molecule has 3 nitrogen and oxygen atoms in total. The van der Waals surface area contributed by atoms with Crippen LogP contribution in [0.1, 0.15) is 36.1 Å². The second kappa shape index (κ2) is 7.65. The van der Waals surface area contributed by atoms with E-state index >= 15 is 0 Å². The van der Waals surface area contributed by atoms with E-state index in [0.717, 1.165) is 36.4 Å². The van der Waals surface area contributed by atoms with Crippen molar-refractivity contribution in [2.75, 3.05) is 13.7 Å². The largest absolute Gasteiger partial charge is 0.496 e. The zero-order valence-electron chi connectivity index (χ0n) is 14.4. The number of ether oxygens (including phenoxy) is 1. The first kappa shape index (κ1) is 16.7. The third-order valence-corrected chi connectivity index (χ3v) is 4.58. The summed E-state index contributed by atoms with van der Waals surface area (Å²) >= 11 is 0. The van der Waals surface area contributed by atoms with Crippen molar-refractivity contribution in [2.24, 2.45) is 0 Å². The number of aliphatic hydroxyl groups excluding tert-OH is 1. The molecule has 2 atom stereocenters. The Morgan fingerprint density at radius 3 is 2.58 bits per heavy atom. The lowest BCUT2D eigenvalue weighted by molar-refractivity contribution is 0.0670. The topological polar surface area (TPSA) is 32.7 Å². The van der Waals surface area contributed by atoms with Crippen LogP contribution in [0, 0.1) is 0 Å². The predicted molar refractivity (Wildman–Crippen MR) is 97.9 cm³/mol. The molecule has 0 aliphatic heterocycles. The van der Waals surface area contributed by atoms with Gasteiger partial charge in [0.25, 0.3) is 0 Å². The maximum absolute atomic E-state index is 11.0. The molecule has 1 N–H and O–H groups in total. The van der Waals surface area contributed by atoms with E-state index in [-0.39, 0.29) is 6.04 Å². The first-order chi connectivity index (χ1) is 11.7. The van der Waals surface area contributed by atoms with E-state index in [4.69, 9.17) is 4.74 Å². The Morgan fingerprint density at radius 1 is 1.08 bits per heavy atom. The van der Waals surface area contributed by atoms with E-state index in [1.807, 2.05) is 24.3 Å². The molecule has 1 aliphatic rings. The fourth-order valence-corrected chi connectivity index (χ4v) is 3.42. The van der Waals surface area contributed by atoms with Crippen molar-refractivity contribution in [3.8, 4) is 5.75 Å². The predicted octanol–water partition coefficient (Wildman–Crippen LogP) is 4.04. The van der Waals surface area contributed by atoms with Gasteiger partial charge in [-0.3, -0.25) is 4.90 Å². The Morgan fingerprint density at radius 2 is 1.88 bits per heavy atom. The number of hydrogen-bond acceptors (Lipinski definition) is 3. The monoisotopic (exact) mass is 323 g/mol. The van der Waals surface area contributed by atoms with E-state index in [9.17, 15) is 5.11 Å². The maximum Gasteiger partial charge on any atom is 0.126 e. The lowest BCUT2D eigenvalue weighted by atomic mass is 9.89. The van der Waals surface area contributed by atoms with Gasteiger partial charge in [-0.05, 0) is 30.2 Å². The number of benzene rings is 2. The molecule has 0 radical (unpaired) electrons. The Kier molecular flexibility index (Phi) is 5.34. The molecule has 0 aromatic heterocycles. The van der Waals surface area contributed by atoms with Gasteiger partial charge in [-0.2, -0.15) is 0 Å². The Bertz CT molecular complexity index is 696. The van der Waals surface area contributed by atoms with E-state index in [1.54, 1.807) is 7.11 Å². The lowest BCUT2D eigenvalue weighted by Crippen LogP contribution is -2.39. The van der Waals surface area contributed by atoms with Crippen molar-refractivity contribution < 1.29 is 9.84 Å². The van der Waals surface area contributed by atoms with Crippen LogP contribution in [0.3, 0.4) is 0 Å². The average molecular weight is 323 g/mol. The summed E-state index contributed by atoms with van der Waals surface area (Å²) in [5.41, 5.74) is 3.19. The number of rotatable bonds is 6. The minimum Gasteiger partial charge on any atom is -0.496 e. The summed E-state index contributed by atoms with van der Waals surface area (Å²) in [4.78, 5) is 2.35. The summed E-state index contributed by atoms with van der Waals surface area (Å²) in [5, 5.41) is 11.0. The van der Waals surface area contributed by atoms with Gasteiger partial charge in [0.2, 0.25) is 0 Å². The summed E-state index contributed by atoms with van der Waals surface area (Å²) in [6.07, 6.45) is 4.69. The molecule has 0 unspecified atom stereocenters. The lowest BCUT2D eigenvalue weighted by Gasteiger charge is -2.36. The molecular formula is C21H25NO2. The molecule has 24 heavy (non-hydrogen) atoms. The minimum absolute atomic E-state index is 0.0234. The second-order valence-corrected chi connectivity index (χ2v) is 6.21. The van der Waals surface area contributed by atoms with Gasteiger partial charge in [-0.1, -0.05) is 61.5 Å². The van der Waals surface area contributed by atoms with Gasteiger partial charge in [-0.15, -0.1) is 0 Å². The van der Waals surface area contributed by atoms with Crippen LogP contribution in [0.15, 0.2) is 54.6 Å². The molecule has 0 saturated carbocycles. The Balaban J connectivity index is 1.87. The van der Waals surface area contributed by atoms with E-state index < -0.39 is 6.10 Å². The highest BCUT2D eigenvalue weighted by Gasteiger charge is 2.30. The normalized spacial score (nSPS) is 19.3. The summed E-state index contributed by atoms with van der Waals surface area (Å²) in [7, 11) is 1.67. The van der Waals surface area contributed by atoms with Gasteiger partial charge in [0, 0.05) is 12.1 Å². The highest BCUT2D eigenvalue weighted by Crippen LogP contribution is 2.36. The molecule has 0 fully saturated rings. The molecule has 2 aromatic carbocycles. The van der Waals surface area contributed by atoms with Crippen LogP contribution in [0.5, 0.6) is 5.75 Å². The van der Waals surface area contributed by atoms with Crippen molar-refractivity contribution in [3.63, 3.8) is 0 Å². The average Bonchev–Trinajstić information content (AvgIpc) is 2.62. The van der Waals surface area contributed by atoms with Crippen LogP contribution in [-0.2, 0) is 6.54 Å². The Hall–Kier alpha value is -2.10. The standard InChI is InChI=1S/C21H25NO2/c1-3-14-22(15-16-8-5-4-6-9-16)19-13-12-17-18(21(19)23)10-7-11-20(17)24-2/h4-13,19,21,23H,3,14-15H2,1-2H3/t19-,21-/m0/s1. The zero-order chi connectivity index (χ0) is 16.9. The van der Waals surface area contributed by atoms with Crippen LogP contribution in [0.2, 0.25) is 0 Å². The van der Waals surface area contributed by atoms with E-state index in [0.29, 0.717) is 0 Å². The quantitative estimate of drug-likeness (QED) is 0.871. The van der Waals surface area contributed by atoms with Gasteiger partial charge >= 0.3 is 0 Å². The SMILES string of the molecule is CCCN(Cc1ccccc1)[C@H]1C=Cc2c(OC)cccc2[C@@H]1O. The first-order valence-electron chi connectivity index (χ1n) is 8.55. The smallest absolute Gasteiger partial charge is 0.126 e. The summed E-state index contributed by atoms with van der Waals surface area (Å²) in [5.74, 6) is 0.811. The van der Waals surface area contributed by atoms with Crippen molar-refractivity contribution in [1.82, 2.24) is 4.90 Å². The highest BCUT2D eigenvalue weighted by molar-refractivity contribution is 5.65. The van der Waals surface area contributed by atoms with Crippen molar-refractivity contribution >= 4 is 6.08 Å². The fraction of sp³-hybridized carbons (Fsp3) is 0.333. The molecule has 2 aromatic rings. The zero-order valence-corrected chi connectivity index (χ0v) is 14.4. The number of fused-ring (bicyclic) bond motifs is 1. The number of nitrogens with zero attached hydrogens (tertiary/aromatic N) is 1. The highest BCUT2D eigenvalue weighted by atomic mass is 16.5. The molecule has 0 bridgehead atoms. The number of methoxy groups -OCH3 is 1. The van der Waals surface area contributed by atoms with Crippen molar-refractivity contribution in [1.29, 1.82) is 0 Å². The number of hydrogen-bond donors (Lipinski definition) is 1.